The summed E-state index contributed by atoms with van der Waals surface area (Å²) in [6.45, 7) is 2.94. The Labute approximate surface area is 182 Å². The van der Waals surface area contributed by atoms with Crippen molar-refractivity contribution in [2.75, 3.05) is 12.8 Å². The van der Waals surface area contributed by atoms with E-state index in [-0.39, 0.29) is 29.4 Å². The Morgan fingerprint density at radius 3 is 2.53 bits per heavy atom. The third-order valence-corrected chi connectivity index (χ3v) is 4.76. The maximum absolute atomic E-state index is 13.3. The number of aryl methyl sites for hydroxylation is 1. The third kappa shape index (κ3) is 5.11. The molecule has 0 aliphatic heterocycles. The molecular formula is C23H22F3N3O3. The number of nitrogens with two attached hydrogens (primary N) is 1. The van der Waals surface area contributed by atoms with Gasteiger partial charge in [-0.3, -0.25) is 9.89 Å². The van der Waals surface area contributed by atoms with E-state index in [2.05, 4.69) is 10.2 Å². The average molecular weight is 445 g/mol. The molecule has 0 amide bonds. The van der Waals surface area contributed by atoms with Gasteiger partial charge in [0.15, 0.2) is 17.3 Å². The minimum atomic E-state index is -4.56. The Kier molecular flexibility index (Phi) is 6.57. The molecule has 0 fully saturated rings. The Morgan fingerprint density at radius 1 is 1.19 bits per heavy atom. The molecule has 9 heteroatoms. The number of hydrogen-bond donors (Lipinski definition) is 2. The van der Waals surface area contributed by atoms with Gasteiger partial charge >= 0.3 is 6.18 Å². The lowest BCUT2D eigenvalue weighted by molar-refractivity contribution is -0.138. The summed E-state index contributed by atoms with van der Waals surface area (Å²) in [6, 6.07) is 8.50. The number of anilines is 1. The van der Waals surface area contributed by atoms with Crippen molar-refractivity contribution in [1.82, 2.24) is 10.2 Å². The molecule has 0 saturated heterocycles. The van der Waals surface area contributed by atoms with Crippen molar-refractivity contribution in [3.63, 3.8) is 0 Å². The fraction of sp³-hybridized carbons (Fsp3) is 0.217. The number of aromatic amines is 1. The first-order chi connectivity index (χ1) is 15.1. The number of alkyl halides is 3. The van der Waals surface area contributed by atoms with Crippen LogP contribution in [0.3, 0.4) is 0 Å². The number of aromatic nitrogens is 2. The zero-order valence-electron chi connectivity index (χ0n) is 17.7. The van der Waals surface area contributed by atoms with E-state index in [9.17, 15) is 18.0 Å². The molecule has 0 radical (unpaired) electrons. The molecule has 1 aromatic heterocycles. The standard InChI is InChI=1S/C23H22F3N3O3/c1-13(30)8-18(19-11-28-29-14(19)2)15-5-7-21(22(9-15)31-3)32-12-16-4-6-17(27)10-20(16)23(24,25)26/h4-11H,12,27H2,1-3H3,(H,28,29)/b18-8-. The molecule has 3 aromatic rings. The predicted octanol–water partition coefficient (Wildman–Crippen LogP) is 4.93. The predicted molar refractivity (Wildman–Crippen MR) is 114 cm³/mol. The van der Waals surface area contributed by atoms with E-state index < -0.39 is 11.7 Å². The number of allylic oxidation sites excluding steroid dienone is 1. The van der Waals surface area contributed by atoms with Gasteiger partial charge in [-0.2, -0.15) is 18.3 Å². The zero-order chi connectivity index (χ0) is 23.5. The SMILES string of the molecule is COc1cc(/C(=C/C(C)=O)c2cn[nH]c2C)ccc1OCc1ccc(N)cc1C(F)(F)F. The smallest absolute Gasteiger partial charge is 0.416 e. The number of rotatable bonds is 7. The third-order valence-electron chi connectivity index (χ3n) is 4.76. The second-order valence-corrected chi connectivity index (χ2v) is 7.15. The molecule has 0 aliphatic carbocycles. The summed E-state index contributed by atoms with van der Waals surface area (Å²) in [7, 11) is 1.42. The number of halogens is 3. The number of nitrogen functional groups attached to an aromatic ring is 1. The Morgan fingerprint density at radius 2 is 1.94 bits per heavy atom. The lowest BCUT2D eigenvalue weighted by atomic mass is 9.97. The van der Waals surface area contributed by atoms with Crippen LogP contribution in [0.4, 0.5) is 18.9 Å². The Balaban J connectivity index is 1.93. The highest BCUT2D eigenvalue weighted by Crippen LogP contribution is 2.36. The number of ether oxygens (including phenoxy) is 2. The van der Waals surface area contributed by atoms with Crippen LogP contribution < -0.4 is 15.2 Å². The fourth-order valence-corrected chi connectivity index (χ4v) is 3.24. The van der Waals surface area contributed by atoms with Crippen LogP contribution in [0.1, 0.15) is 34.9 Å². The highest BCUT2D eigenvalue weighted by molar-refractivity contribution is 5.99. The van der Waals surface area contributed by atoms with E-state index in [0.29, 0.717) is 16.9 Å². The summed E-state index contributed by atoms with van der Waals surface area (Å²) in [5.41, 5.74) is 7.44. The molecule has 3 N–H and O–H groups in total. The van der Waals surface area contributed by atoms with Gasteiger partial charge in [-0.05, 0) is 55.3 Å². The topological polar surface area (TPSA) is 90.2 Å². The number of ketones is 1. The van der Waals surface area contributed by atoms with Crippen molar-refractivity contribution in [1.29, 1.82) is 0 Å². The normalized spacial score (nSPS) is 12.0. The van der Waals surface area contributed by atoms with Gasteiger partial charge in [0.05, 0.1) is 18.9 Å². The van der Waals surface area contributed by atoms with E-state index in [1.165, 1.54) is 32.2 Å². The molecule has 168 valence electrons. The van der Waals surface area contributed by atoms with Gasteiger partial charge < -0.3 is 15.2 Å². The molecule has 3 rings (SSSR count). The lowest BCUT2D eigenvalue weighted by Crippen LogP contribution is -2.12. The largest absolute Gasteiger partial charge is 0.493 e. The van der Waals surface area contributed by atoms with Gasteiger partial charge in [0, 0.05) is 22.5 Å². The molecule has 0 unspecified atom stereocenters. The van der Waals surface area contributed by atoms with Gasteiger partial charge in [0.1, 0.15) is 6.61 Å². The molecule has 2 aromatic carbocycles. The number of nitrogens with zero attached hydrogens (tertiary/aromatic N) is 1. The van der Waals surface area contributed by atoms with Crippen LogP contribution >= 0.6 is 0 Å². The molecule has 1 heterocycles. The minimum Gasteiger partial charge on any atom is -0.493 e. The van der Waals surface area contributed by atoms with Crippen molar-refractivity contribution >= 4 is 17.0 Å². The van der Waals surface area contributed by atoms with Crippen molar-refractivity contribution in [3.05, 3.63) is 76.6 Å². The van der Waals surface area contributed by atoms with Crippen LogP contribution in [-0.4, -0.2) is 23.1 Å². The number of hydrogen-bond acceptors (Lipinski definition) is 5. The maximum Gasteiger partial charge on any atom is 0.416 e. The quantitative estimate of drug-likeness (QED) is 0.398. The van der Waals surface area contributed by atoms with Gasteiger partial charge in [-0.25, -0.2) is 0 Å². The Bertz CT molecular complexity index is 1170. The monoisotopic (exact) mass is 445 g/mol. The van der Waals surface area contributed by atoms with Crippen LogP contribution in [0.5, 0.6) is 11.5 Å². The summed E-state index contributed by atoms with van der Waals surface area (Å²) >= 11 is 0. The van der Waals surface area contributed by atoms with E-state index in [1.807, 2.05) is 6.92 Å². The summed E-state index contributed by atoms with van der Waals surface area (Å²) in [6.07, 6.45) is -1.46. The molecule has 0 saturated carbocycles. The van der Waals surface area contributed by atoms with E-state index >= 15 is 0 Å². The summed E-state index contributed by atoms with van der Waals surface area (Å²) in [5, 5.41) is 6.83. The first-order valence-electron chi connectivity index (χ1n) is 9.59. The van der Waals surface area contributed by atoms with Crippen molar-refractivity contribution in [2.24, 2.45) is 0 Å². The number of carbonyl (C=O) groups is 1. The number of carbonyl (C=O) groups excluding carboxylic acids is 1. The molecule has 32 heavy (non-hydrogen) atoms. The van der Waals surface area contributed by atoms with E-state index in [0.717, 1.165) is 17.3 Å². The Hall–Kier alpha value is -3.75. The van der Waals surface area contributed by atoms with Gasteiger partial charge in [-0.15, -0.1) is 0 Å². The van der Waals surface area contributed by atoms with E-state index in [4.69, 9.17) is 15.2 Å². The number of methoxy groups -OCH3 is 1. The zero-order valence-corrected chi connectivity index (χ0v) is 17.7. The molecule has 0 bridgehead atoms. The lowest BCUT2D eigenvalue weighted by Gasteiger charge is -2.16. The second-order valence-electron chi connectivity index (χ2n) is 7.15. The first kappa shape index (κ1) is 22.9. The summed E-state index contributed by atoms with van der Waals surface area (Å²) in [5.74, 6) is 0.414. The van der Waals surface area contributed by atoms with E-state index in [1.54, 1.807) is 24.4 Å². The minimum absolute atomic E-state index is 0.0161. The maximum atomic E-state index is 13.3. The summed E-state index contributed by atoms with van der Waals surface area (Å²) < 4.78 is 51.0. The molecule has 0 aliphatic rings. The molecule has 0 atom stereocenters. The van der Waals surface area contributed by atoms with Crippen LogP contribution in [0.2, 0.25) is 0 Å². The van der Waals surface area contributed by atoms with Gasteiger partial charge in [0.2, 0.25) is 0 Å². The summed E-state index contributed by atoms with van der Waals surface area (Å²) in [4.78, 5) is 11.8. The first-order valence-corrected chi connectivity index (χ1v) is 9.59. The number of H-pyrrole nitrogens is 1. The second kappa shape index (κ2) is 9.17. The fourth-order valence-electron chi connectivity index (χ4n) is 3.24. The van der Waals surface area contributed by atoms with Crippen molar-refractivity contribution < 1.29 is 27.4 Å². The molecular weight excluding hydrogens is 423 g/mol. The van der Waals surface area contributed by atoms with Gasteiger partial charge in [-0.1, -0.05) is 12.1 Å². The van der Waals surface area contributed by atoms with Crippen molar-refractivity contribution in [3.8, 4) is 11.5 Å². The van der Waals surface area contributed by atoms with Crippen LogP contribution in [-0.2, 0) is 17.6 Å². The van der Waals surface area contributed by atoms with Gasteiger partial charge in [0.25, 0.3) is 0 Å². The van der Waals surface area contributed by atoms with Crippen molar-refractivity contribution in [2.45, 2.75) is 26.6 Å². The van der Waals surface area contributed by atoms with Crippen LogP contribution in [0.15, 0.2) is 48.7 Å². The van der Waals surface area contributed by atoms with Crippen LogP contribution in [0, 0.1) is 6.92 Å². The highest BCUT2D eigenvalue weighted by atomic mass is 19.4. The number of nitrogens with one attached hydrogen (secondary N) is 1. The highest BCUT2D eigenvalue weighted by Gasteiger charge is 2.33. The van der Waals surface area contributed by atoms with Crippen LogP contribution in [0.25, 0.3) is 5.57 Å². The molecule has 0 spiro atoms. The number of benzene rings is 2. The average Bonchev–Trinajstić information content (AvgIpc) is 3.15. The molecule has 6 nitrogen and oxygen atoms in total.